The number of likely N-dealkylation sites (tertiary alicyclic amines) is 1. The third kappa shape index (κ3) is 6.93. The van der Waals surface area contributed by atoms with E-state index >= 15 is 0 Å². The molecule has 5 nitrogen and oxygen atoms in total. The zero-order valence-electron chi connectivity index (χ0n) is 14.8. The molecule has 1 aromatic carbocycles. The van der Waals surface area contributed by atoms with Crippen molar-refractivity contribution >= 4 is 18.4 Å². The number of hydrogen-bond acceptors (Lipinski definition) is 5. The standard InChI is InChI=1S/C19H26N2O3.ClH/c1-2-23-19(22)16-9-12-21(13-10-16)11-5-6-14-24-18-8-4-3-7-17(18)15-20;/h3-4,7-8,16H,2,5-6,9-14H2,1H3;1H. The molecule has 138 valence electrons. The second kappa shape index (κ2) is 11.7. The first-order valence-corrected chi connectivity index (χ1v) is 8.75. The molecule has 0 saturated carbocycles. The molecule has 0 aliphatic carbocycles. The number of piperidine rings is 1. The Kier molecular flexibility index (Phi) is 9.98. The van der Waals surface area contributed by atoms with E-state index in [1.807, 2.05) is 25.1 Å². The van der Waals surface area contributed by atoms with Crippen molar-refractivity contribution in [3.05, 3.63) is 29.8 Å². The van der Waals surface area contributed by atoms with Crippen LogP contribution in [0.5, 0.6) is 5.75 Å². The quantitative estimate of drug-likeness (QED) is 0.521. The maximum absolute atomic E-state index is 11.7. The third-order valence-electron chi connectivity index (χ3n) is 4.34. The molecule has 1 heterocycles. The lowest BCUT2D eigenvalue weighted by Crippen LogP contribution is -2.37. The number of hydrogen-bond donors (Lipinski definition) is 0. The maximum atomic E-state index is 11.7. The monoisotopic (exact) mass is 366 g/mol. The lowest BCUT2D eigenvalue weighted by molar-refractivity contribution is -0.149. The SMILES string of the molecule is CCOC(=O)C1CCN(CCCCOc2ccccc2C#N)CC1.Cl. The molecular formula is C19H27ClN2O3. The number of carbonyl (C=O) groups is 1. The molecule has 0 aromatic heterocycles. The minimum atomic E-state index is -0.0401. The van der Waals surface area contributed by atoms with Crippen LogP contribution >= 0.6 is 12.4 Å². The van der Waals surface area contributed by atoms with Gasteiger partial charge in [-0.15, -0.1) is 12.4 Å². The predicted molar refractivity (Wildman–Crippen MR) is 98.9 cm³/mol. The van der Waals surface area contributed by atoms with Crippen LogP contribution in [-0.4, -0.2) is 43.7 Å². The highest BCUT2D eigenvalue weighted by atomic mass is 35.5. The Hall–Kier alpha value is -1.77. The minimum absolute atomic E-state index is 0. The molecule has 2 rings (SSSR count). The number of halogens is 1. The van der Waals surface area contributed by atoms with Crippen molar-refractivity contribution in [1.82, 2.24) is 4.90 Å². The largest absolute Gasteiger partial charge is 0.492 e. The molecule has 1 aromatic rings. The maximum Gasteiger partial charge on any atom is 0.309 e. The van der Waals surface area contributed by atoms with Crippen LogP contribution in [0.4, 0.5) is 0 Å². The number of nitrogens with zero attached hydrogens (tertiary/aromatic N) is 2. The number of nitriles is 1. The topological polar surface area (TPSA) is 62.6 Å². The first-order valence-electron chi connectivity index (χ1n) is 8.75. The molecule has 1 saturated heterocycles. The van der Waals surface area contributed by atoms with E-state index in [1.54, 1.807) is 6.07 Å². The summed E-state index contributed by atoms with van der Waals surface area (Å²) in [6.45, 7) is 5.89. The van der Waals surface area contributed by atoms with Crippen molar-refractivity contribution < 1.29 is 14.3 Å². The van der Waals surface area contributed by atoms with E-state index in [0.717, 1.165) is 45.3 Å². The highest BCUT2D eigenvalue weighted by molar-refractivity contribution is 5.85. The van der Waals surface area contributed by atoms with E-state index in [-0.39, 0.29) is 24.3 Å². The van der Waals surface area contributed by atoms with Crippen LogP contribution in [0.15, 0.2) is 24.3 Å². The summed E-state index contributed by atoms with van der Waals surface area (Å²) in [6.07, 6.45) is 3.80. The van der Waals surface area contributed by atoms with Crippen molar-refractivity contribution in [2.24, 2.45) is 5.92 Å². The predicted octanol–water partition coefficient (Wildman–Crippen LogP) is 3.41. The fraction of sp³-hybridized carbons (Fsp3) is 0.579. The number of esters is 1. The van der Waals surface area contributed by atoms with E-state index in [0.29, 0.717) is 24.5 Å². The van der Waals surface area contributed by atoms with Crippen LogP contribution < -0.4 is 4.74 Å². The van der Waals surface area contributed by atoms with Gasteiger partial charge in [-0.05, 0) is 64.4 Å². The Bertz CT molecular complexity index is 566. The highest BCUT2D eigenvalue weighted by Crippen LogP contribution is 2.19. The molecular weight excluding hydrogens is 340 g/mol. The number of unbranched alkanes of at least 4 members (excludes halogenated alkanes) is 1. The molecule has 25 heavy (non-hydrogen) atoms. The Balaban J connectivity index is 0.00000312. The van der Waals surface area contributed by atoms with E-state index in [1.165, 1.54) is 0 Å². The Morgan fingerprint density at radius 3 is 2.68 bits per heavy atom. The summed E-state index contributed by atoms with van der Waals surface area (Å²) < 4.78 is 10.8. The van der Waals surface area contributed by atoms with Crippen LogP contribution in [0.2, 0.25) is 0 Å². The van der Waals surface area contributed by atoms with Crippen LogP contribution in [-0.2, 0) is 9.53 Å². The van der Waals surface area contributed by atoms with Gasteiger partial charge in [0.25, 0.3) is 0 Å². The fourth-order valence-electron chi connectivity index (χ4n) is 2.96. The van der Waals surface area contributed by atoms with Gasteiger partial charge >= 0.3 is 5.97 Å². The Morgan fingerprint density at radius 1 is 1.28 bits per heavy atom. The first kappa shape index (κ1) is 21.3. The molecule has 0 atom stereocenters. The third-order valence-corrected chi connectivity index (χ3v) is 4.34. The van der Waals surface area contributed by atoms with Gasteiger partial charge < -0.3 is 14.4 Å². The van der Waals surface area contributed by atoms with Crippen LogP contribution in [0.1, 0.15) is 38.2 Å². The number of rotatable bonds is 8. The van der Waals surface area contributed by atoms with Crippen molar-refractivity contribution in [3.8, 4) is 11.8 Å². The lowest BCUT2D eigenvalue weighted by Gasteiger charge is -2.30. The number of para-hydroxylation sites is 1. The number of benzene rings is 1. The summed E-state index contributed by atoms with van der Waals surface area (Å²) in [6, 6.07) is 9.46. The van der Waals surface area contributed by atoms with Gasteiger partial charge in [0.1, 0.15) is 11.8 Å². The van der Waals surface area contributed by atoms with E-state index in [9.17, 15) is 4.79 Å². The summed E-state index contributed by atoms with van der Waals surface area (Å²) in [4.78, 5) is 14.1. The summed E-state index contributed by atoms with van der Waals surface area (Å²) in [5.41, 5.74) is 0.582. The van der Waals surface area contributed by atoms with Gasteiger partial charge in [0.05, 0.1) is 24.7 Å². The van der Waals surface area contributed by atoms with Gasteiger partial charge in [0.2, 0.25) is 0 Å². The van der Waals surface area contributed by atoms with Gasteiger partial charge in [-0.1, -0.05) is 12.1 Å². The van der Waals surface area contributed by atoms with Crippen molar-refractivity contribution in [2.75, 3.05) is 32.8 Å². The van der Waals surface area contributed by atoms with Crippen LogP contribution in [0.25, 0.3) is 0 Å². The summed E-state index contributed by atoms with van der Waals surface area (Å²) >= 11 is 0. The molecule has 0 N–H and O–H groups in total. The van der Waals surface area contributed by atoms with Crippen LogP contribution in [0, 0.1) is 17.2 Å². The second-order valence-corrected chi connectivity index (χ2v) is 6.03. The van der Waals surface area contributed by atoms with Gasteiger partial charge in [-0.3, -0.25) is 4.79 Å². The molecule has 0 radical (unpaired) electrons. The van der Waals surface area contributed by atoms with Gasteiger partial charge in [-0.25, -0.2) is 0 Å². The molecule has 1 aliphatic rings. The minimum Gasteiger partial charge on any atom is -0.492 e. The molecule has 1 aliphatic heterocycles. The fourth-order valence-corrected chi connectivity index (χ4v) is 2.96. The van der Waals surface area contributed by atoms with Gasteiger partial charge in [-0.2, -0.15) is 5.26 Å². The average molecular weight is 367 g/mol. The number of carbonyl (C=O) groups excluding carboxylic acids is 1. The zero-order chi connectivity index (χ0) is 17.2. The summed E-state index contributed by atoms with van der Waals surface area (Å²) in [7, 11) is 0. The van der Waals surface area contributed by atoms with Crippen molar-refractivity contribution in [1.29, 1.82) is 5.26 Å². The zero-order valence-corrected chi connectivity index (χ0v) is 15.6. The van der Waals surface area contributed by atoms with E-state index in [4.69, 9.17) is 14.7 Å². The van der Waals surface area contributed by atoms with Gasteiger partial charge in [0.15, 0.2) is 0 Å². The normalized spacial score (nSPS) is 15.0. The summed E-state index contributed by atoms with van der Waals surface area (Å²) in [5, 5.41) is 9.02. The molecule has 0 unspecified atom stereocenters. The van der Waals surface area contributed by atoms with Gasteiger partial charge in [0, 0.05) is 0 Å². The molecule has 6 heteroatoms. The van der Waals surface area contributed by atoms with E-state index in [2.05, 4.69) is 11.0 Å². The van der Waals surface area contributed by atoms with E-state index < -0.39 is 0 Å². The average Bonchev–Trinajstić information content (AvgIpc) is 2.62. The molecule has 0 bridgehead atoms. The first-order chi connectivity index (χ1) is 11.7. The van der Waals surface area contributed by atoms with Crippen molar-refractivity contribution in [2.45, 2.75) is 32.6 Å². The molecule has 0 spiro atoms. The number of ether oxygens (including phenoxy) is 2. The highest BCUT2D eigenvalue weighted by Gasteiger charge is 2.25. The molecule has 1 fully saturated rings. The van der Waals surface area contributed by atoms with Crippen molar-refractivity contribution in [3.63, 3.8) is 0 Å². The Labute approximate surface area is 156 Å². The summed E-state index contributed by atoms with van der Waals surface area (Å²) in [5.74, 6) is 0.698. The molecule has 0 amide bonds. The Morgan fingerprint density at radius 2 is 2.00 bits per heavy atom. The lowest BCUT2D eigenvalue weighted by atomic mass is 9.97. The second-order valence-electron chi connectivity index (χ2n) is 6.03. The van der Waals surface area contributed by atoms with Crippen LogP contribution in [0.3, 0.4) is 0 Å². The smallest absolute Gasteiger partial charge is 0.309 e.